The first-order valence-corrected chi connectivity index (χ1v) is 10.2. The van der Waals surface area contributed by atoms with Gasteiger partial charge in [-0.15, -0.1) is 22.7 Å². The van der Waals surface area contributed by atoms with Gasteiger partial charge in [-0.2, -0.15) is 0 Å². The van der Waals surface area contributed by atoms with Gasteiger partial charge < -0.3 is 0 Å². The van der Waals surface area contributed by atoms with Crippen molar-refractivity contribution < 1.29 is 4.79 Å². The SMILES string of the molecule is Cc1ccc(C)c(-c2csc(NC(=O)/C=C/c3nc4ccccc4s3)n2)c1. The molecule has 1 N–H and O–H groups in total. The summed E-state index contributed by atoms with van der Waals surface area (Å²) in [5.74, 6) is -0.212. The maximum Gasteiger partial charge on any atom is 0.250 e. The lowest BCUT2D eigenvalue weighted by atomic mass is 10.0. The van der Waals surface area contributed by atoms with Crippen molar-refractivity contribution in [2.45, 2.75) is 13.8 Å². The molecule has 0 saturated heterocycles. The molecule has 0 fully saturated rings. The summed E-state index contributed by atoms with van der Waals surface area (Å²) in [5, 5.41) is 6.19. The average Bonchev–Trinajstić information content (AvgIpc) is 3.28. The van der Waals surface area contributed by atoms with E-state index in [2.05, 4.69) is 47.3 Å². The van der Waals surface area contributed by atoms with Gasteiger partial charge in [0.05, 0.1) is 15.9 Å². The Morgan fingerprint density at radius 2 is 1.96 bits per heavy atom. The molecule has 4 aromatic rings. The van der Waals surface area contributed by atoms with Crippen molar-refractivity contribution >= 4 is 50.0 Å². The number of benzene rings is 2. The lowest BCUT2D eigenvalue weighted by molar-refractivity contribution is -0.111. The summed E-state index contributed by atoms with van der Waals surface area (Å²) >= 11 is 2.98. The Morgan fingerprint density at radius 1 is 1.11 bits per heavy atom. The van der Waals surface area contributed by atoms with Crippen LogP contribution < -0.4 is 5.32 Å². The number of anilines is 1. The molecule has 4 nitrogen and oxygen atoms in total. The zero-order valence-electron chi connectivity index (χ0n) is 14.9. The quantitative estimate of drug-likeness (QED) is 0.455. The van der Waals surface area contributed by atoms with Crippen LogP contribution in [-0.4, -0.2) is 15.9 Å². The summed E-state index contributed by atoms with van der Waals surface area (Å²) in [6.07, 6.45) is 3.23. The first kappa shape index (κ1) is 17.6. The van der Waals surface area contributed by atoms with E-state index in [1.54, 1.807) is 17.4 Å². The summed E-state index contributed by atoms with van der Waals surface area (Å²) < 4.78 is 1.11. The minimum absolute atomic E-state index is 0.212. The maximum atomic E-state index is 12.2. The fraction of sp³-hybridized carbons (Fsp3) is 0.0952. The standard InChI is InChI=1S/C21H17N3OS2/c1-13-7-8-14(2)15(11-13)17-12-26-21(23-17)24-19(25)9-10-20-22-16-5-3-4-6-18(16)27-20/h3-12H,1-2H3,(H,23,24,25)/b10-9+. The van der Waals surface area contributed by atoms with Crippen molar-refractivity contribution in [2.24, 2.45) is 0 Å². The number of nitrogens with zero attached hydrogens (tertiary/aromatic N) is 2. The molecule has 2 aromatic heterocycles. The van der Waals surface area contributed by atoms with E-state index >= 15 is 0 Å². The Hall–Kier alpha value is -2.83. The minimum Gasteiger partial charge on any atom is -0.298 e. The number of aromatic nitrogens is 2. The highest BCUT2D eigenvalue weighted by atomic mass is 32.1. The van der Waals surface area contributed by atoms with E-state index < -0.39 is 0 Å². The molecule has 0 aliphatic heterocycles. The normalized spacial score (nSPS) is 11.3. The molecule has 0 unspecified atom stereocenters. The Bertz CT molecular complexity index is 1120. The average molecular weight is 392 g/mol. The van der Waals surface area contributed by atoms with Crippen LogP contribution in [0, 0.1) is 13.8 Å². The highest BCUT2D eigenvalue weighted by Gasteiger charge is 2.09. The molecule has 2 aromatic carbocycles. The second kappa shape index (κ2) is 7.42. The fourth-order valence-corrected chi connectivity index (χ4v) is 4.31. The van der Waals surface area contributed by atoms with Crippen molar-refractivity contribution in [3.8, 4) is 11.3 Å². The van der Waals surface area contributed by atoms with Gasteiger partial charge in [-0.1, -0.05) is 29.8 Å². The van der Waals surface area contributed by atoms with Gasteiger partial charge >= 0.3 is 0 Å². The van der Waals surface area contributed by atoms with E-state index in [4.69, 9.17) is 0 Å². The minimum atomic E-state index is -0.212. The Balaban J connectivity index is 1.47. The smallest absolute Gasteiger partial charge is 0.250 e. The molecule has 4 rings (SSSR count). The van der Waals surface area contributed by atoms with Crippen molar-refractivity contribution in [1.29, 1.82) is 0 Å². The van der Waals surface area contributed by atoms with E-state index in [9.17, 15) is 4.79 Å². The van der Waals surface area contributed by atoms with Crippen molar-refractivity contribution in [3.63, 3.8) is 0 Å². The molecule has 0 aliphatic carbocycles. The van der Waals surface area contributed by atoms with Gasteiger partial charge in [0, 0.05) is 17.0 Å². The maximum absolute atomic E-state index is 12.2. The van der Waals surface area contributed by atoms with Crippen molar-refractivity contribution in [1.82, 2.24) is 9.97 Å². The van der Waals surface area contributed by atoms with Gasteiger partial charge in [-0.3, -0.25) is 10.1 Å². The topological polar surface area (TPSA) is 54.9 Å². The van der Waals surface area contributed by atoms with E-state index in [1.165, 1.54) is 28.5 Å². The summed E-state index contributed by atoms with van der Waals surface area (Å²) in [7, 11) is 0. The first-order chi connectivity index (χ1) is 13.1. The molecule has 1 amide bonds. The zero-order chi connectivity index (χ0) is 18.8. The lowest BCUT2D eigenvalue weighted by Crippen LogP contribution is -2.07. The molecule has 0 radical (unpaired) electrons. The van der Waals surface area contributed by atoms with Gasteiger partial charge in [0.2, 0.25) is 5.91 Å². The number of carbonyl (C=O) groups is 1. The van der Waals surface area contributed by atoms with Crippen LogP contribution in [0.15, 0.2) is 53.9 Å². The molecular weight excluding hydrogens is 374 g/mol. The predicted molar refractivity (Wildman–Crippen MR) is 114 cm³/mol. The molecule has 0 bridgehead atoms. The number of carbonyl (C=O) groups excluding carboxylic acids is 1. The number of fused-ring (bicyclic) bond motifs is 1. The predicted octanol–water partition coefficient (Wildman–Crippen LogP) is 5.69. The van der Waals surface area contributed by atoms with Crippen LogP contribution >= 0.6 is 22.7 Å². The highest BCUT2D eigenvalue weighted by molar-refractivity contribution is 7.19. The van der Waals surface area contributed by atoms with Crippen LogP contribution in [0.25, 0.3) is 27.6 Å². The number of thiazole rings is 2. The molecular formula is C21H17N3OS2. The number of rotatable bonds is 4. The number of hydrogen-bond acceptors (Lipinski definition) is 5. The van der Waals surface area contributed by atoms with Crippen LogP contribution in [0.3, 0.4) is 0 Å². The molecule has 0 aliphatic rings. The van der Waals surface area contributed by atoms with E-state index in [0.717, 1.165) is 26.5 Å². The van der Waals surface area contributed by atoms with Gasteiger partial charge in [0.15, 0.2) is 5.13 Å². The van der Waals surface area contributed by atoms with E-state index in [0.29, 0.717) is 5.13 Å². The summed E-state index contributed by atoms with van der Waals surface area (Å²) in [4.78, 5) is 21.3. The van der Waals surface area contributed by atoms with E-state index in [1.807, 2.05) is 29.6 Å². The lowest BCUT2D eigenvalue weighted by Gasteiger charge is -2.03. The third-order valence-electron chi connectivity index (χ3n) is 4.09. The molecule has 0 atom stereocenters. The summed E-state index contributed by atoms with van der Waals surface area (Å²) in [6, 6.07) is 14.2. The number of amides is 1. The largest absolute Gasteiger partial charge is 0.298 e. The Morgan fingerprint density at radius 3 is 2.81 bits per heavy atom. The summed E-state index contributed by atoms with van der Waals surface area (Å²) in [6.45, 7) is 4.12. The third-order valence-corrected chi connectivity index (χ3v) is 5.85. The molecule has 134 valence electrons. The van der Waals surface area contributed by atoms with Crippen molar-refractivity contribution in [3.05, 3.63) is 70.1 Å². The van der Waals surface area contributed by atoms with Crippen molar-refractivity contribution in [2.75, 3.05) is 5.32 Å². The molecule has 27 heavy (non-hydrogen) atoms. The molecule has 2 heterocycles. The number of para-hydroxylation sites is 1. The zero-order valence-corrected chi connectivity index (χ0v) is 16.5. The second-order valence-corrected chi connectivity index (χ2v) is 8.12. The van der Waals surface area contributed by atoms with Crippen LogP contribution in [0.4, 0.5) is 5.13 Å². The fourth-order valence-electron chi connectivity index (χ4n) is 2.72. The molecule has 0 spiro atoms. The number of aryl methyl sites for hydroxylation is 2. The van der Waals surface area contributed by atoms with E-state index in [-0.39, 0.29) is 5.91 Å². The van der Waals surface area contributed by atoms with Gasteiger partial charge in [0.1, 0.15) is 5.01 Å². The Kier molecular flexibility index (Phi) is 4.83. The third kappa shape index (κ3) is 3.97. The van der Waals surface area contributed by atoms with Crippen LogP contribution in [0.5, 0.6) is 0 Å². The van der Waals surface area contributed by atoms with Gasteiger partial charge in [0.25, 0.3) is 0 Å². The number of nitrogens with one attached hydrogen (secondary N) is 1. The van der Waals surface area contributed by atoms with Gasteiger partial charge in [-0.05, 0) is 43.7 Å². The summed E-state index contributed by atoms with van der Waals surface area (Å²) in [5.41, 5.74) is 5.27. The van der Waals surface area contributed by atoms with Gasteiger partial charge in [-0.25, -0.2) is 9.97 Å². The molecule has 6 heteroatoms. The monoisotopic (exact) mass is 391 g/mol. The van der Waals surface area contributed by atoms with Crippen LogP contribution in [-0.2, 0) is 4.79 Å². The van der Waals surface area contributed by atoms with Crippen LogP contribution in [0.1, 0.15) is 16.1 Å². The van der Waals surface area contributed by atoms with Crippen LogP contribution in [0.2, 0.25) is 0 Å². The highest BCUT2D eigenvalue weighted by Crippen LogP contribution is 2.28. The molecule has 0 saturated carbocycles. The first-order valence-electron chi connectivity index (χ1n) is 8.46. The second-order valence-electron chi connectivity index (χ2n) is 6.20. The number of hydrogen-bond donors (Lipinski definition) is 1. The Labute approximate surface area is 165 Å².